The fourth-order valence-corrected chi connectivity index (χ4v) is 5.57. The second kappa shape index (κ2) is 6.71. The van der Waals surface area contributed by atoms with Gasteiger partial charge in [0.25, 0.3) is 0 Å². The minimum absolute atomic E-state index is 0.0464. The molecular weight excluding hydrogens is 370 g/mol. The lowest BCUT2D eigenvalue weighted by molar-refractivity contribution is -0.122. The van der Waals surface area contributed by atoms with Crippen molar-refractivity contribution in [2.45, 2.75) is 25.0 Å². The molecule has 6 nitrogen and oxygen atoms in total. The highest BCUT2D eigenvalue weighted by molar-refractivity contribution is 7.98. The van der Waals surface area contributed by atoms with E-state index in [9.17, 15) is 10.1 Å². The summed E-state index contributed by atoms with van der Waals surface area (Å²) in [6.45, 7) is 1.58. The van der Waals surface area contributed by atoms with Crippen LogP contribution in [0.15, 0.2) is 24.3 Å². The summed E-state index contributed by atoms with van der Waals surface area (Å²) in [5, 5.41) is 9.94. The van der Waals surface area contributed by atoms with E-state index in [2.05, 4.69) is 21.4 Å². The third-order valence-corrected chi connectivity index (χ3v) is 6.97. The van der Waals surface area contributed by atoms with Gasteiger partial charge < -0.3 is 10.6 Å². The van der Waals surface area contributed by atoms with Crippen molar-refractivity contribution in [2.75, 3.05) is 23.7 Å². The molecule has 28 heavy (non-hydrogen) atoms. The molecule has 7 heteroatoms. The largest absolute Gasteiger partial charge is 0.369 e. The smallest absolute Gasteiger partial charge is 0.220 e. The maximum absolute atomic E-state index is 11.6. The Morgan fingerprint density at radius 3 is 2.79 bits per heavy atom. The number of carbonyl (C=O) groups excluding carboxylic acids is 1. The van der Waals surface area contributed by atoms with Crippen LogP contribution in [0.4, 0.5) is 5.82 Å². The standard InChI is InChI=1S/C21H21N5OS/c22-11-15-14-7-10-28-12-16(14)21(25-8-5-13(6-9-25)19(23)27)26-18-4-2-1-3-17(18)24-20(15)26/h1-4,13H,5-10,12H2,(H2,23,27). The number of para-hydroxylation sites is 2. The van der Waals surface area contributed by atoms with Crippen molar-refractivity contribution < 1.29 is 4.79 Å². The summed E-state index contributed by atoms with van der Waals surface area (Å²) >= 11 is 1.91. The van der Waals surface area contributed by atoms with Gasteiger partial charge in [-0.15, -0.1) is 0 Å². The molecule has 2 N–H and O–H groups in total. The van der Waals surface area contributed by atoms with Crippen LogP contribution in [0.1, 0.15) is 29.5 Å². The van der Waals surface area contributed by atoms with E-state index in [1.165, 1.54) is 5.56 Å². The molecule has 1 aromatic carbocycles. The van der Waals surface area contributed by atoms with Gasteiger partial charge in [-0.2, -0.15) is 17.0 Å². The monoisotopic (exact) mass is 391 g/mol. The van der Waals surface area contributed by atoms with E-state index in [1.54, 1.807) is 0 Å². The predicted molar refractivity (Wildman–Crippen MR) is 111 cm³/mol. The molecule has 2 aromatic heterocycles. The number of nitrogens with two attached hydrogens (primary N) is 1. The molecule has 4 heterocycles. The minimum atomic E-state index is -0.199. The Bertz CT molecular complexity index is 1140. The quantitative estimate of drug-likeness (QED) is 0.726. The number of hydrogen-bond acceptors (Lipinski definition) is 5. The molecule has 2 aliphatic heterocycles. The SMILES string of the molecule is N#Cc1c2c(c(N3CCC(C(N)=O)CC3)n3c1nc1ccccc13)CSCC2. The highest BCUT2D eigenvalue weighted by Crippen LogP contribution is 2.39. The summed E-state index contributed by atoms with van der Waals surface area (Å²) in [5.41, 5.74) is 11.3. The number of thioether (sulfide) groups is 1. The number of nitriles is 1. The third-order valence-electron chi connectivity index (χ3n) is 5.98. The Balaban J connectivity index is 1.78. The first-order valence-corrected chi connectivity index (χ1v) is 10.8. The maximum atomic E-state index is 11.6. The number of nitrogens with zero attached hydrogens (tertiary/aromatic N) is 4. The first kappa shape index (κ1) is 17.4. The van der Waals surface area contributed by atoms with E-state index < -0.39 is 0 Å². The number of hydrogen-bond donors (Lipinski definition) is 1. The molecule has 0 unspecified atom stereocenters. The molecule has 0 spiro atoms. The highest BCUT2D eigenvalue weighted by Gasteiger charge is 2.30. The average Bonchev–Trinajstić information content (AvgIpc) is 3.11. The van der Waals surface area contributed by atoms with Gasteiger partial charge in [-0.1, -0.05) is 12.1 Å². The second-order valence-corrected chi connectivity index (χ2v) is 8.60. The zero-order valence-corrected chi connectivity index (χ0v) is 16.3. The van der Waals surface area contributed by atoms with Gasteiger partial charge in [0.2, 0.25) is 5.91 Å². The van der Waals surface area contributed by atoms with Crippen LogP contribution in [-0.4, -0.2) is 34.1 Å². The number of anilines is 1. The average molecular weight is 392 g/mol. The van der Waals surface area contributed by atoms with Gasteiger partial charge in [-0.05, 0) is 42.7 Å². The van der Waals surface area contributed by atoms with Crippen molar-refractivity contribution in [1.29, 1.82) is 5.26 Å². The Morgan fingerprint density at radius 2 is 2.04 bits per heavy atom. The lowest BCUT2D eigenvalue weighted by Crippen LogP contribution is -2.40. The fourth-order valence-electron chi connectivity index (χ4n) is 4.57. The van der Waals surface area contributed by atoms with Crippen molar-refractivity contribution in [3.05, 3.63) is 41.0 Å². The van der Waals surface area contributed by atoms with Crippen LogP contribution in [-0.2, 0) is 17.0 Å². The zero-order valence-electron chi connectivity index (χ0n) is 15.5. The molecule has 0 radical (unpaired) electrons. The predicted octanol–water partition coefficient (Wildman–Crippen LogP) is 2.85. The zero-order chi connectivity index (χ0) is 19.3. The van der Waals surface area contributed by atoms with Gasteiger partial charge in [-0.3, -0.25) is 9.20 Å². The number of fused-ring (bicyclic) bond motifs is 4. The minimum Gasteiger partial charge on any atom is -0.369 e. The topological polar surface area (TPSA) is 87.4 Å². The van der Waals surface area contributed by atoms with Crippen LogP contribution in [0.3, 0.4) is 0 Å². The molecule has 0 bridgehead atoms. The second-order valence-electron chi connectivity index (χ2n) is 7.49. The van der Waals surface area contributed by atoms with Gasteiger partial charge in [-0.25, -0.2) is 4.98 Å². The molecular formula is C21H21N5OS. The van der Waals surface area contributed by atoms with Crippen LogP contribution in [0.2, 0.25) is 0 Å². The molecule has 0 atom stereocenters. The van der Waals surface area contributed by atoms with Gasteiger partial charge in [0.05, 0.1) is 16.6 Å². The van der Waals surface area contributed by atoms with Crippen molar-refractivity contribution >= 4 is 40.2 Å². The number of aromatic nitrogens is 2. The Hall–Kier alpha value is -2.72. The summed E-state index contributed by atoms with van der Waals surface area (Å²) in [5.74, 6) is 2.83. The number of benzene rings is 1. The van der Waals surface area contributed by atoms with E-state index in [0.29, 0.717) is 5.56 Å². The molecule has 5 rings (SSSR count). The first-order valence-electron chi connectivity index (χ1n) is 9.66. The van der Waals surface area contributed by atoms with Crippen molar-refractivity contribution in [2.24, 2.45) is 11.7 Å². The van der Waals surface area contributed by atoms with Crippen molar-refractivity contribution in [3.8, 4) is 6.07 Å². The molecule has 2 aliphatic rings. The first-order chi connectivity index (χ1) is 13.7. The maximum Gasteiger partial charge on any atom is 0.220 e. The number of imidazole rings is 1. The van der Waals surface area contributed by atoms with Crippen LogP contribution in [0, 0.1) is 17.2 Å². The lowest BCUT2D eigenvalue weighted by Gasteiger charge is -2.35. The summed E-state index contributed by atoms with van der Waals surface area (Å²) in [6.07, 6.45) is 2.43. The van der Waals surface area contributed by atoms with E-state index in [0.717, 1.165) is 71.9 Å². The number of pyridine rings is 1. The molecule has 142 valence electrons. The van der Waals surface area contributed by atoms with E-state index >= 15 is 0 Å². The molecule has 1 amide bonds. The summed E-state index contributed by atoms with van der Waals surface area (Å²) in [7, 11) is 0. The van der Waals surface area contributed by atoms with Crippen LogP contribution in [0.5, 0.6) is 0 Å². The Morgan fingerprint density at radius 1 is 1.25 bits per heavy atom. The van der Waals surface area contributed by atoms with Crippen LogP contribution < -0.4 is 10.6 Å². The third kappa shape index (κ3) is 2.55. The molecule has 1 fully saturated rings. The number of amides is 1. The molecule has 1 saturated heterocycles. The van der Waals surface area contributed by atoms with Crippen molar-refractivity contribution in [3.63, 3.8) is 0 Å². The fraction of sp³-hybridized carbons (Fsp3) is 0.381. The normalized spacial score (nSPS) is 17.6. The van der Waals surface area contributed by atoms with Crippen LogP contribution in [0.25, 0.3) is 16.7 Å². The summed E-state index contributed by atoms with van der Waals surface area (Å²) in [4.78, 5) is 18.8. The van der Waals surface area contributed by atoms with Crippen LogP contribution >= 0.6 is 11.8 Å². The summed E-state index contributed by atoms with van der Waals surface area (Å²) in [6, 6.07) is 10.5. The number of rotatable bonds is 2. The van der Waals surface area contributed by atoms with Gasteiger partial charge >= 0.3 is 0 Å². The summed E-state index contributed by atoms with van der Waals surface area (Å²) < 4.78 is 2.17. The van der Waals surface area contributed by atoms with Crippen molar-refractivity contribution in [1.82, 2.24) is 9.38 Å². The molecule has 3 aromatic rings. The van der Waals surface area contributed by atoms with Gasteiger partial charge in [0, 0.05) is 30.3 Å². The van der Waals surface area contributed by atoms with E-state index in [1.807, 2.05) is 30.0 Å². The van der Waals surface area contributed by atoms with E-state index in [4.69, 9.17) is 10.7 Å². The molecule has 0 aliphatic carbocycles. The number of primary amides is 1. The number of carbonyl (C=O) groups is 1. The highest BCUT2D eigenvalue weighted by atomic mass is 32.2. The van der Waals surface area contributed by atoms with Gasteiger partial charge in [0.1, 0.15) is 11.9 Å². The van der Waals surface area contributed by atoms with E-state index in [-0.39, 0.29) is 11.8 Å². The van der Waals surface area contributed by atoms with Gasteiger partial charge in [0.15, 0.2) is 5.65 Å². The Labute approximate surface area is 167 Å². The lowest BCUT2D eigenvalue weighted by atomic mass is 9.95. The Kier molecular flexibility index (Phi) is 4.17. The number of piperidine rings is 1. The molecule has 0 saturated carbocycles.